The molecule has 0 saturated carbocycles. The van der Waals surface area contributed by atoms with Crippen molar-refractivity contribution in [1.29, 1.82) is 0 Å². The lowest BCUT2D eigenvalue weighted by Crippen LogP contribution is -2.46. The highest BCUT2D eigenvalue weighted by atomic mass is 16.5. The summed E-state index contributed by atoms with van der Waals surface area (Å²) in [6.07, 6.45) is 2.26. The molecular formula is C12H24N2O3. The zero-order valence-corrected chi connectivity index (χ0v) is 10.7. The highest BCUT2D eigenvalue weighted by Gasteiger charge is 2.16. The average molecular weight is 244 g/mol. The molecule has 5 nitrogen and oxygen atoms in total. The van der Waals surface area contributed by atoms with Gasteiger partial charge in [-0.2, -0.15) is 0 Å². The highest BCUT2D eigenvalue weighted by molar-refractivity contribution is 5.69. The fraction of sp³-hybridized carbons (Fsp3) is 0.917. The minimum atomic E-state index is -0.119. The summed E-state index contributed by atoms with van der Waals surface area (Å²) in [7, 11) is 1.43. The van der Waals surface area contributed by atoms with E-state index in [-0.39, 0.29) is 12.6 Å². The van der Waals surface area contributed by atoms with Crippen LogP contribution in [0.2, 0.25) is 0 Å². The smallest absolute Gasteiger partial charge is 0.305 e. The van der Waals surface area contributed by atoms with Crippen LogP contribution in [-0.4, -0.2) is 73.9 Å². The van der Waals surface area contributed by atoms with Crippen molar-refractivity contribution >= 4 is 5.97 Å². The summed E-state index contributed by atoms with van der Waals surface area (Å²) in [5.74, 6) is -0.119. The standard InChI is InChI=1S/C12H24N2O3/c1-17-12(16)4-2-5-13-7-9-14(10-8-13)6-3-11-15/h15H,2-11H2,1H3. The van der Waals surface area contributed by atoms with Crippen LogP contribution in [0.3, 0.4) is 0 Å². The summed E-state index contributed by atoms with van der Waals surface area (Å²) >= 11 is 0. The van der Waals surface area contributed by atoms with Gasteiger partial charge >= 0.3 is 5.97 Å². The number of aliphatic hydroxyl groups is 1. The molecule has 1 aliphatic rings. The second kappa shape index (κ2) is 8.44. The van der Waals surface area contributed by atoms with Gasteiger partial charge in [-0.15, -0.1) is 0 Å². The predicted molar refractivity (Wildman–Crippen MR) is 65.8 cm³/mol. The monoisotopic (exact) mass is 244 g/mol. The lowest BCUT2D eigenvalue weighted by Gasteiger charge is -2.34. The number of esters is 1. The zero-order valence-electron chi connectivity index (χ0n) is 10.7. The summed E-state index contributed by atoms with van der Waals surface area (Å²) in [5, 5.41) is 8.76. The minimum Gasteiger partial charge on any atom is -0.469 e. The van der Waals surface area contributed by atoms with Crippen molar-refractivity contribution < 1.29 is 14.6 Å². The van der Waals surface area contributed by atoms with E-state index in [1.54, 1.807) is 0 Å². The van der Waals surface area contributed by atoms with Gasteiger partial charge in [0.05, 0.1) is 7.11 Å². The SMILES string of the molecule is COC(=O)CCCN1CCN(CCCO)CC1. The molecule has 0 aliphatic carbocycles. The first-order valence-electron chi connectivity index (χ1n) is 6.38. The van der Waals surface area contributed by atoms with Gasteiger partial charge in [0.15, 0.2) is 0 Å². The third kappa shape index (κ3) is 6.00. The fourth-order valence-electron chi connectivity index (χ4n) is 2.08. The number of carbonyl (C=O) groups is 1. The number of hydrogen-bond acceptors (Lipinski definition) is 5. The molecule has 0 aromatic carbocycles. The molecule has 1 aliphatic heterocycles. The maximum absolute atomic E-state index is 11.0. The maximum atomic E-state index is 11.0. The fourth-order valence-corrected chi connectivity index (χ4v) is 2.08. The Morgan fingerprint density at radius 3 is 2.12 bits per heavy atom. The van der Waals surface area contributed by atoms with E-state index in [4.69, 9.17) is 5.11 Å². The maximum Gasteiger partial charge on any atom is 0.305 e. The molecule has 5 heteroatoms. The molecule has 0 aromatic rings. The van der Waals surface area contributed by atoms with E-state index >= 15 is 0 Å². The Kier molecular flexibility index (Phi) is 7.16. The van der Waals surface area contributed by atoms with Crippen LogP contribution in [0.1, 0.15) is 19.3 Å². The van der Waals surface area contributed by atoms with Crippen LogP contribution in [0.15, 0.2) is 0 Å². The molecular weight excluding hydrogens is 220 g/mol. The Morgan fingerprint density at radius 1 is 1.12 bits per heavy atom. The van der Waals surface area contributed by atoms with Crippen LogP contribution >= 0.6 is 0 Å². The Hall–Kier alpha value is -0.650. The summed E-state index contributed by atoms with van der Waals surface area (Å²) in [6.45, 7) is 6.50. The molecule has 0 amide bonds. The molecule has 1 heterocycles. The van der Waals surface area contributed by atoms with Gasteiger partial charge in [-0.3, -0.25) is 4.79 Å². The Labute approximate surface area is 103 Å². The van der Waals surface area contributed by atoms with Crippen LogP contribution in [0.4, 0.5) is 0 Å². The lowest BCUT2D eigenvalue weighted by molar-refractivity contribution is -0.140. The van der Waals surface area contributed by atoms with Gasteiger partial charge < -0.3 is 19.6 Å². The van der Waals surface area contributed by atoms with Crippen LogP contribution in [0.5, 0.6) is 0 Å². The minimum absolute atomic E-state index is 0.119. The number of nitrogens with zero attached hydrogens (tertiary/aromatic N) is 2. The molecule has 100 valence electrons. The number of methoxy groups -OCH3 is 1. The number of carbonyl (C=O) groups excluding carboxylic acids is 1. The largest absolute Gasteiger partial charge is 0.469 e. The van der Waals surface area contributed by atoms with Crippen molar-refractivity contribution in [2.45, 2.75) is 19.3 Å². The summed E-state index contributed by atoms with van der Waals surface area (Å²) in [6, 6.07) is 0. The Balaban J connectivity index is 2.04. The molecule has 0 bridgehead atoms. The Bertz CT molecular complexity index is 216. The van der Waals surface area contributed by atoms with E-state index in [1.807, 2.05) is 0 Å². The number of hydrogen-bond donors (Lipinski definition) is 1. The number of rotatable bonds is 7. The number of ether oxygens (including phenoxy) is 1. The van der Waals surface area contributed by atoms with Crippen molar-refractivity contribution in [2.24, 2.45) is 0 Å². The van der Waals surface area contributed by atoms with E-state index in [0.29, 0.717) is 6.42 Å². The first-order valence-corrected chi connectivity index (χ1v) is 6.38. The molecule has 0 spiro atoms. The highest BCUT2D eigenvalue weighted by Crippen LogP contribution is 2.04. The molecule has 0 atom stereocenters. The van der Waals surface area contributed by atoms with E-state index < -0.39 is 0 Å². The van der Waals surface area contributed by atoms with Gasteiger partial charge in [0, 0.05) is 45.8 Å². The molecule has 1 saturated heterocycles. The van der Waals surface area contributed by atoms with E-state index in [9.17, 15) is 4.79 Å². The van der Waals surface area contributed by atoms with E-state index in [0.717, 1.165) is 52.1 Å². The van der Waals surface area contributed by atoms with Crippen molar-refractivity contribution in [3.63, 3.8) is 0 Å². The molecule has 1 N–H and O–H groups in total. The molecule has 1 fully saturated rings. The summed E-state index contributed by atoms with van der Waals surface area (Å²) in [4.78, 5) is 15.7. The Morgan fingerprint density at radius 2 is 1.65 bits per heavy atom. The van der Waals surface area contributed by atoms with E-state index in [1.165, 1.54) is 7.11 Å². The predicted octanol–water partition coefficient (Wildman–Crippen LogP) is -0.0604. The quantitative estimate of drug-likeness (QED) is 0.636. The van der Waals surface area contributed by atoms with Crippen LogP contribution < -0.4 is 0 Å². The van der Waals surface area contributed by atoms with Crippen molar-refractivity contribution in [2.75, 3.05) is 53.0 Å². The van der Waals surface area contributed by atoms with Gasteiger partial charge in [0.2, 0.25) is 0 Å². The molecule has 0 aromatic heterocycles. The molecule has 17 heavy (non-hydrogen) atoms. The number of aliphatic hydroxyl groups excluding tert-OH is 1. The average Bonchev–Trinajstić information content (AvgIpc) is 2.37. The van der Waals surface area contributed by atoms with Crippen molar-refractivity contribution in [3.05, 3.63) is 0 Å². The van der Waals surface area contributed by atoms with E-state index in [2.05, 4.69) is 14.5 Å². The van der Waals surface area contributed by atoms with Crippen LogP contribution in [0, 0.1) is 0 Å². The first-order chi connectivity index (χ1) is 8.26. The third-order valence-electron chi connectivity index (χ3n) is 3.18. The molecule has 1 rings (SSSR count). The second-order valence-corrected chi connectivity index (χ2v) is 4.44. The second-order valence-electron chi connectivity index (χ2n) is 4.44. The van der Waals surface area contributed by atoms with Crippen molar-refractivity contribution in [1.82, 2.24) is 9.80 Å². The van der Waals surface area contributed by atoms with Crippen LogP contribution in [0.25, 0.3) is 0 Å². The number of piperazine rings is 1. The summed E-state index contributed by atoms with van der Waals surface area (Å²) < 4.78 is 4.61. The third-order valence-corrected chi connectivity index (χ3v) is 3.18. The van der Waals surface area contributed by atoms with Gasteiger partial charge in [-0.05, 0) is 19.4 Å². The van der Waals surface area contributed by atoms with Crippen LogP contribution in [-0.2, 0) is 9.53 Å². The van der Waals surface area contributed by atoms with Gasteiger partial charge in [0.1, 0.15) is 0 Å². The first kappa shape index (κ1) is 14.4. The van der Waals surface area contributed by atoms with Gasteiger partial charge in [-0.1, -0.05) is 0 Å². The lowest BCUT2D eigenvalue weighted by atomic mass is 10.2. The zero-order chi connectivity index (χ0) is 12.5. The summed E-state index contributed by atoms with van der Waals surface area (Å²) in [5.41, 5.74) is 0. The molecule has 0 radical (unpaired) electrons. The van der Waals surface area contributed by atoms with Crippen molar-refractivity contribution in [3.8, 4) is 0 Å². The molecule has 0 unspecified atom stereocenters. The van der Waals surface area contributed by atoms with Gasteiger partial charge in [-0.25, -0.2) is 0 Å². The normalized spacial score (nSPS) is 18.2. The topological polar surface area (TPSA) is 53.0 Å². The van der Waals surface area contributed by atoms with Gasteiger partial charge in [0.25, 0.3) is 0 Å².